The molecule has 4 heteroatoms. The first-order valence-corrected chi connectivity index (χ1v) is 8.00. The highest BCUT2D eigenvalue weighted by atomic mass is 32.2. The van der Waals surface area contributed by atoms with Crippen LogP contribution in [0.5, 0.6) is 5.75 Å². The van der Waals surface area contributed by atoms with Crippen LogP contribution in [0, 0.1) is 0 Å². The van der Waals surface area contributed by atoms with Gasteiger partial charge in [-0.1, -0.05) is 6.92 Å². The topological polar surface area (TPSA) is 34.1 Å². The first-order chi connectivity index (χ1) is 9.81. The van der Waals surface area contributed by atoms with E-state index in [-0.39, 0.29) is 0 Å². The Balaban J connectivity index is 1.92. The second-order valence-corrected chi connectivity index (χ2v) is 5.32. The molecule has 2 aromatic rings. The van der Waals surface area contributed by atoms with Gasteiger partial charge in [-0.15, -0.1) is 11.8 Å². The van der Waals surface area contributed by atoms with Gasteiger partial charge in [0.05, 0.1) is 0 Å². The molecule has 1 heterocycles. The van der Waals surface area contributed by atoms with Gasteiger partial charge < -0.3 is 10.1 Å². The fraction of sp³-hybridized carbons (Fsp3) is 0.312. The lowest BCUT2D eigenvalue weighted by molar-refractivity contribution is 0.306. The van der Waals surface area contributed by atoms with Gasteiger partial charge in [0.25, 0.3) is 0 Å². The molecule has 0 spiro atoms. The largest absolute Gasteiger partial charge is 0.489 e. The van der Waals surface area contributed by atoms with Gasteiger partial charge in [0.15, 0.2) is 0 Å². The first-order valence-electron chi connectivity index (χ1n) is 6.77. The van der Waals surface area contributed by atoms with E-state index < -0.39 is 0 Å². The number of thioether (sulfide) groups is 1. The van der Waals surface area contributed by atoms with Crippen LogP contribution in [-0.4, -0.2) is 17.8 Å². The lowest BCUT2D eigenvalue weighted by atomic mass is 10.2. The Morgan fingerprint density at radius 3 is 2.70 bits per heavy atom. The normalized spacial score (nSPS) is 10.3. The van der Waals surface area contributed by atoms with Gasteiger partial charge in [-0.3, -0.25) is 0 Å². The zero-order valence-electron chi connectivity index (χ0n) is 11.9. The summed E-state index contributed by atoms with van der Waals surface area (Å²) in [5.41, 5.74) is 1.12. The Bertz CT molecular complexity index is 528. The number of rotatable bonds is 7. The minimum Gasteiger partial charge on any atom is -0.489 e. The van der Waals surface area contributed by atoms with E-state index in [1.165, 1.54) is 4.90 Å². The van der Waals surface area contributed by atoms with Crippen molar-refractivity contribution in [3.05, 3.63) is 48.2 Å². The summed E-state index contributed by atoms with van der Waals surface area (Å²) in [6, 6.07) is 12.2. The Hall–Kier alpha value is -1.68. The number of nitrogens with one attached hydrogen (secondary N) is 1. The first kappa shape index (κ1) is 14.7. The predicted molar refractivity (Wildman–Crippen MR) is 85.6 cm³/mol. The summed E-state index contributed by atoms with van der Waals surface area (Å²) < 4.78 is 5.79. The monoisotopic (exact) mass is 288 g/mol. The number of benzene rings is 1. The summed E-state index contributed by atoms with van der Waals surface area (Å²) in [7, 11) is 0. The van der Waals surface area contributed by atoms with Crippen LogP contribution in [0.1, 0.15) is 18.9 Å². The van der Waals surface area contributed by atoms with Gasteiger partial charge in [-0.25, -0.2) is 4.98 Å². The number of pyridine rings is 1. The summed E-state index contributed by atoms with van der Waals surface area (Å²) in [6.45, 7) is 3.63. The standard InChI is InChI=1S/C16H20N2OS/c1-3-9-17-16-11-13(8-10-18-16)12-19-14-4-6-15(20-2)7-5-14/h4-8,10-11H,3,9,12H2,1-2H3,(H,17,18). The molecule has 0 aliphatic carbocycles. The SMILES string of the molecule is CCCNc1cc(COc2ccc(SC)cc2)ccn1. The van der Waals surface area contributed by atoms with Crippen LogP contribution in [0.4, 0.5) is 5.82 Å². The highest BCUT2D eigenvalue weighted by Gasteiger charge is 1.99. The van der Waals surface area contributed by atoms with E-state index in [9.17, 15) is 0 Å². The number of hydrogen-bond acceptors (Lipinski definition) is 4. The van der Waals surface area contributed by atoms with Gasteiger partial charge in [0.1, 0.15) is 18.2 Å². The Morgan fingerprint density at radius 2 is 2.00 bits per heavy atom. The van der Waals surface area contributed by atoms with Crippen molar-refractivity contribution in [3.8, 4) is 5.75 Å². The van der Waals surface area contributed by atoms with Crippen molar-refractivity contribution in [1.82, 2.24) is 4.98 Å². The zero-order chi connectivity index (χ0) is 14.2. The quantitative estimate of drug-likeness (QED) is 0.774. The molecule has 0 radical (unpaired) electrons. The van der Waals surface area contributed by atoms with E-state index in [1.54, 1.807) is 11.8 Å². The summed E-state index contributed by atoms with van der Waals surface area (Å²) in [6.07, 6.45) is 4.97. The van der Waals surface area contributed by atoms with Crippen LogP contribution >= 0.6 is 11.8 Å². The molecular formula is C16H20N2OS. The molecule has 1 aromatic heterocycles. The molecule has 106 valence electrons. The van der Waals surface area contributed by atoms with E-state index in [2.05, 4.69) is 35.6 Å². The van der Waals surface area contributed by atoms with E-state index in [1.807, 2.05) is 30.5 Å². The molecule has 0 aliphatic heterocycles. The minimum atomic E-state index is 0.557. The number of aromatic nitrogens is 1. The summed E-state index contributed by atoms with van der Waals surface area (Å²) in [4.78, 5) is 5.53. The van der Waals surface area contributed by atoms with Crippen molar-refractivity contribution >= 4 is 17.6 Å². The Labute approximate surface area is 124 Å². The van der Waals surface area contributed by atoms with Crippen molar-refractivity contribution in [1.29, 1.82) is 0 Å². The Kier molecular flexibility index (Phi) is 5.74. The van der Waals surface area contributed by atoms with Crippen molar-refractivity contribution in [3.63, 3.8) is 0 Å². The molecule has 1 N–H and O–H groups in total. The zero-order valence-corrected chi connectivity index (χ0v) is 12.7. The molecule has 3 nitrogen and oxygen atoms in total. The lowest BCUT2D eigenvalue weighted by Gasteiger charge is -2.09. The van der Waals surface area contributed by atoms with Crippen LogP contribution < -0.4 is 10.1 Å². The third-order valence-electron chi connectivity index (χ3n) is 2.85. The molecule has 0 saturated carbocycles. The molecule has 0 saturated heterocycles. The van der Waals surface area contributed by atoms with Gasteiger partial charge in [-0.2, -0.15) is 0 Å². The minimum absolute atomic E-state index is 0.557. The highest BCUT2D eigenvalue weighted by Crippen LogP contribution is 2.20. The van der Waals surface area contributed by atoms with E-state index in [0.717, 1.165) is 30.1 Å². The average molecular weight is 288 g/mol. The molecule has 1 aromatic carbocycles. The van der Waals surface area contributed by atoms with Gasteiger partial charge in [0.2, 0.25) is 0 Å². The maximum atomic E-state index is 5.79. The van der Waals surface area contributed by atoms with Gasteiger partial charge in [0, 0.05) is 17.6 Å². The summed E-state index contributed by atoms with van der Waals surface area (Å²) in [5, 5.41) is 3.28. The summed E-state index contributed by atoms with van der Waals surface area (Å²) in [5.74, 6) is 1.80. The lowest BCUT2D eigenvalue weighted by Crippen LogP contribution is -2.03. The molecular weight excluding hydrogens is 268 g/mol. The molecule has 0 amide bonds. The van der Waals surface area contributed by atoms with Gasteiger partial charge >= 0.3 is 0 Å². The molecule has 20 heavy (non-hydrogen) atoms. The fourth-order valence-corrected chi connectivity index (χ4v) is 2.16. The average Bonchev–Trinajstić information content (AvgIpc) is 2.52. The van der Waals surface area contributed by atoms with E-state index >= 15 is 0 Å². The molecule has 2 rings (SSSR count). The fourth-order valence-electron chi connectivity index (χ4n) is 1.75. The smallest absolute Gasteiger partial charge is 0.126 e. The number of hydrogen-bond donors (Lipinski definition) is 1. The highest BCUT2D eigenvalue weighted by molar-refractivity contribution is 7.98. The van der Waals surface area contributed by atoms with E-state index in [0.29, 0.717) is 6.61 Å². The number of nitrogens with zero attached hydrogens (tertiary/aromatic N) is 1. The van der Waals surface area contributed by atoms with Crippen molar-refractivity contribution in [2.45, 2.75) is 24.8 Å². The second kappa shape index (κ2) is 7.80. The third-order valence-corrected chi connectivity index (χ3v) is 3.59. The molecule has 0 unspecified atom stereocenters. The molecule has 0 fully saturated rings. The maximum Gasteiger partial charge on any atom is 0.126 e. The van der Waals surface area contributed by atoms with Crippen LogP contribution in [0.3, 0.4) is 0 Å². The summed E-state index contributed by atoms with van der Waals surface area (Å²) >= 11 is 1.73. The maximum absolute atomic E-state index is 5.79. The van der Waals surface area contributed by atoms with Crippen molar-refractivity contribution in [2.75, 3.05) is 18.1 Å². The van der Waals surface area contributed by atoms with Crippen LogP contribution in [0.2, 0.25) is 0 Å². The predicted octanol–water partition coefficient (Wildman–Crippen LogP) is 4.20. The molecule has 0 bridgehead atoms. The van der Waals surface area contributed by atoms with Crippen molar-refractivity contribution < 1.29 is 4.74 Å². The van der Waals surface area contributed by atoms with Crippen LogP contribution in [-0.2, 0) is 6.61 Å². The van der Waals surface area contributed by atoms with Crippen molar-refractivity contribution in [2.24, 2.45) is 0 Å². The van der Waals surface area contributed by atoms with Gasteiger partial charge in [-0.05, 0) is 54.6 Å². The second-order valence-electron chi connectivity index (χ2n) is 4.44. The third kappa shape index (κ3) is 4.46. The van der Waals surface area contributed by atoms with Crippen LogP contribution in [0.25, 0.3) is 0 Å². The molecule has 0 atom stereocenters. The Morgan fingerprint density at radius 1 is 1.20 bits per heavy atom. The van der Waals surface area contributed by atoms with E-state index in [4.69, 9.17) is 4.74 Å². The van der Waals surface area contributed by atoms with Crippen LogP contribution in [0.15, 0.2) is 47.5 Å². The number of ether oxygens (including phenoxy) is 1. The number of anilines is 1. The molecule has 0 aliphatic rings.